The van der Waals surface area contributed by atoms with Crippen LogP contribution in [0, 0.1) is 0 Å². The molecular formula is C19H15NO4S2. The molecule has 0 saturated carbocycles. The number of hydrogen-bond acceptors (Lipinski definition) is 6. The van der Waals surface area contributed by atoms with Gasteiger partial charge < -0.3 is 4.74 Å². The molecule has 0 aliphatic rings. The number of thiophene rings is 1. The number of benzene rings is 2. The Morgan fingerprint density at radius 2 is 1.81 bits per heavy atom. The Morgan fingerprint density at radius 3 is 2.58 bits per heavy atom. The Kier molecular flexibility index (Phi) is 6.04. The Labute approximate surface area is 158 Å². The SMILES string of the molecule is O=C(COC(=O)CSc1ccc2ccccc2c1)NC(=O)c1cccs1. The third kappa shape index (κ3) is 4.93. The first-order valence-corrected chi connectivity index (χ1v) is 9.63. The molecule has 1 N–H and O–H groups in total. The van der Waals surface area contributed by atoms with Crippen molar-refractivity contribution in [1.29, 1.82) is 0 Å². The fraction of sp³-hybridized carbons (Fsp3) is 0.105. The van der Waals surface area contributed by atoms with Crippen LogP contribution >= 0.6 is 23.1 Å². The molecule has 5 nitrogen and oxygen atoms in total. The van der Waals surface area contributed by atoms with Crippen LogP contribution < -0.4 is 5.32 Å². The van der Waals surface area contributed by atoms with Gasteiger partial charge in [-0.3, -0.25) is 19.7 Å². The molecule has 0 unspecified atom stereocenters. The van der Waals surface area contributed by atoms with Gasteiger partial charge in [0.25, 0.3) is 11.8 Å². The van der Waals surface area contributed by atoms with E-state index in [0.717, 1.165) is 15.7 Å². The second-order valence-corrected chi connectivity index (χ2v) is 7.31. The molecule has 7 heteroatoms. The van der Waals surface area contributed by atoms with Crippen LogP contribution in [0.4, 0.5) is 0 Å². The van der Waals surface area contributed by atoms with E-state index >= 15 is 0 Å². The average Bonchev–Trinajstić information content (AvgIpc) is 3.19. The Bertz CT molecular complexity index is 938. The van der Waals surface area contributed by atoms with Gasteiger partial charge in [0.1, 0.15) is 0 Å². The van der Waals surface area contributed by atoms with Crippen molar-refractivity contribution in [2.75, 3.05) is 12.4 Å². The number of thioether (sulfide) groups is 1. The number of imide groups is 1. The van der Waals surface area contributed by atoms with Crippen LogP contribution in [0.2, 0.25) is 0 Å². The van der Waals surface area contributed by atoms with Gasteiger partial charge in [-0.2, -0.15) is 0 Å². The van der Waals surface area contributed by atoms with Gasteiger partial charge in [-0.15, -0.1) is 23.1 Å². The lowest BCUT2D eigenvalue weighted by Crippen LogP contribution is -2.33. The highest BCUT2D eigenvalue weighted by Crippen LogP contribution is 2.23. The summed E-state index contributed by atoms with van der Waals surface area (Å²) < 4.78 is 4.91. The Morgan fingerprint density at radius 1 is 1.00 bits per heavy atom. The minimum absolute atomic E-state index is 0.0878. The zero-order valence-corrected chi connectivity index (χ0v) is 15.3. The van der Waals surface area contributed by atoms with E-state index in [9.17, 15) is 14.4 Å². The molecular weight excluding hydrogens is 370 g/mol. The average molecular weight is 385 g/mol. The molecule has 0 atom stereocenters. The van der Waals surface area contributed by atoms with E-state index in [1.54, 1.807) is 17.5 Å². The van der Waals surface area contributed by atoms with Gasteiger partial charge in [0, 0.05) is 4.90 Å². The molecule has 2 amide bonds. The van der Waals surface area contributed by atoms with E-state index in [1.165, 1.54) is 23.1 Å². The summed E-state index contributed by atoms with van der Waals surface area (Å²) in [6.45, 7) is -0.478. The predicted molar refractivity (Wildman–Crippen MR) is 102 cm³/mol. The highest BCUT2D eigenvalue weighted by atomic mass is 32.2. The summed E-state index contributed by atoms with van der Waals surface area (Å²) in [4.78, 5) is 36.5. The standard InChI is InChI=1S/C19H15NO4S2/c21-17(20-19(23)16-6-3-9-25-16)11-24-18(22)12-26-15-8-7-13-4-1-2-5-14(13)10-15/h1-10H,11-12H2,(H,20,21,23). The molecule has 26 heavy (non-hydrogen) atoms. The number of nitrogens with one attached hydrogen (secondary N) is 1. The number of rotatable bonds is 6. The first kappa shape index (κ1) is 18.2. The third-order valence-electron chi connectivity index (χ3n) is 3.44. The van der Waals surface area contributed by atoms with Crippen LogP contribution in [0.3, 0.4) is 0 Å². The zero-order valence-electron chi connectivity index (χ0n) is 13.6. The molecule has 2 aromatic carbocycles. The molecule has 3 aromatic rings. The van der Waals surface area contributed by atoms with Crippen molar-refractivity contribution in [3.63, 3.8) is 0 Å². The number of ether oxygens (including phenoxy) is 1. The minimum atomic E-state index is -0.646. The van der Waals surface area contributed by atoms with Crippen molar-refractivity contribution in [3.05, 3.63) is 64.9 Å². The second kappa shape index (κ2) is 8.64. The van der Waals surface area contributed by atoms with Gasteiger partial charge in [0.05, 0.1) is 10.6 Å². The molecule has 0 saturated heterocycles. The van der Waals surface area contributed by atoms with Crippen molar-refractivity contribution >= 4 is 51.7 Å². The molecule has 3 rings (SSSR count). The van der Waals surface area contributed by atoms with Crippen LogP contribution in [0.15, 0.2) is 64.9 Å². The molecule has 1 aromatic heterocycles. The first-order valence-electron chi connectivity index (χ1n) is 7.77. The predicted octanol–water partition coefficient (Wildman–Crippen LogP) is 3.49. The summed E-state index contributed by atoms with van der Waals surface area (Å²) in [5, 5.41) is 6.15. The van der Waals surface area contributed by atoms with Gasteiger partial charge in [-0.25, -0.2) is 0 Å². The second-order valence-electron chi connectivity index (χ2n) is 5.31. The van der Waals surface area contributed by atoms with E-state index in [4.69, 9.17) is 4.74 Å². The fourth-order valence-corrected chi connectivity index (χ4v) is 3.58. The minimum Gasteiger partial charge on any atom is -0.455 e. The van der Waals surface area contributed by atoms with Crippen molar-refractivity contribution in [3.8, 4) is 0 Å². The van der Waals surface area contributed by atoms with Crippen molar-refractivity contribution in [2.45, 2.75) is 4.90 Å². The number of carbonyl (C=O) groups excluding carboxylic acids is 3. The number of amides is 2. The van der Waals surface area contributed by atoms with E-state index in [1.807, 2.05) is 42.5 Å². The Hall–Kier alpha value is -2.64. The largest absolute Gasteiger partial charge is 0.455 e. The van der Waals surface area contributed by atoms with Crippen LogP contribution in [0.5, 0.6) is 0 Å². The summed E-state index contributed by atoms with van der Waals surface area (Å²) in [7, 11) is 0. The van der Waals surface area contributed by atoms with Crippen LogP contribution in [0.25, 0.3) is 10.8 Å². The summed E-state index contributed by atoms with van der Waals surface area (Å²) in [6, 6.07) is 17.2. The number of hydrogen-bond donors (Lipinski definition) is 1. The van der Waals surface area contributed by atoms with Crippen LogP contribution in [-0.2, 0) is 14.3 Å². The van der Waals surface area contributed by atoms with E-state index in [-0.39, 0.29) is 5.75 Å². The van der Waals surface area contributed by atoms with Crippen molar-refractivity contribution in [2.24, 2.45) is 0 Å². The summed E-state index contributed by atoms with van der Waals surface area (Å²) >= 11 is 2.56. The molecule has 1 heterocycles. The van der Waals surface area contributed by atoms with Gasteiger partial charge in [-0.05, 0) is 34.4 Å². The van der Waals surface area contributed by atoms with Crippen molar-refractivity contribution in [1.82, 2.24) is 5.32 Å². The lowest BCUT2D eigenvalue weighted by atomic mass is 10.1. The van der Waals surface area contributed by atoms with Gasteiger partial charge in [0.15, 0.2) is 6.61 Å². The molecule has 132 valence electrons. The van der Waals surface area contributed by atoms with Crippen molar-refractivity contribution < 1.29 is 19.1 Å². The summed E-state index contributed by atoms with van der Waals surface area (Å²) in [5.74, 6) is -1.56. The van der Waals surface area contributed by atoms with Gasteiger partial charge >= 0.3 is 5.97 Å². The quantitative estimate of drug-likeness (QED) is 0.519. The fourth-order valence-electron chi connectivity index (χ4n) is 2.22. The monoisotopic (exact) mass is 385 g/mol. The molecule has 0 radical (unpaired) electrons. The van der Waals surface area contributed by atoms with E-state index in [0.29, 0.717) is 4.88 Å². The maximum atomic E-state index is 11.8. The molecule has 0 fully saturated rings. The maximum absolute atomic E-state index is 11.8. The number of fused-ring (bicyclic) bond motifs is 1. The summed E-state index contributed by atoms with van der Waals surface area (Å²) in [6.07, 6.45) is 0. The number of carbonyl (C=O) groups is 3. The first-order chi connectivity index (χ1) is 12.6. The smallest absolute Gasteiger partial charge is 0.316 e. The molecule has 0 spiro atoms. The maximum Gasteiger partial charge on any atom is 0.316 e. The highest BCUT2D eigenvalue weighted by molar-refractivity contribution is 8.00. The van der Waals surface area contributed by atoms with Crippen LogP contribution in [0.1, 0.15) is 9.67 Å². The lowest BCUT2D eigenvalue weighted by Gasteiger charge is -2.06. The zero-order chi connectivity index (χ0) is 18.4. The van der Waals surface area contributed by atoms with Crippen LogP contribution in [-0.4, -0.2) is 30.1 Å². The van der Waals surface area contributed by atoms with Gasteiger partial charge in [0.2, 0.25) is 0 Å². The normalized spacial score (nSPS) is 10.5. The topological polar surface area (TPSA) is 72.5 Å². The number of esters is 1. The molecule has 0 aliphatic heterocycles. The summed E-state index contributed by atoms with van der Waals surface area (Å²) in [5.41, 5.74) is 0. The molecule has 0 bridgehead atoms. The van der Waals surface area contributed by atoms with E-state index in [2.05, 4.69) is 5.32 Å². The lowest BCUT2D eigenvalue weighted by molar-refractivity contribution is -0.145. The third-order valence-corrected chi connectivity index (χ3v) is 5.28. The molecule has 0 aliphatic carbocycles. The Balaban J connectivity index is 1.43. The van der Waals surface area contributed by atoms with Gasteiger partial charge in [-0.1, -0.05) is 36.4 Å². The van der Waals surface area contributed by atoms with E-state index < -0.39 is 24.4 Å². The highest BCUT2D eigenvalue weighted by Gasteiger charge is 2.13.